The number of para-hydroxylation sites is 1. The minimum atomic E-state index is -5.32. The highest BCUT2D eigenvalue weighted by atomic mass is 31.3. The molecule has 10 nitrogen and oxygen atoms in total. The fourth-order valence-corrected chi connectivity index (χ4v) is 2.83. The van der Waals surface area contributed by atoms with Crippen LogP contribution in [0.1, 0.15) is 6.92 Å². The number of benzene rings is 1. The lowest BCUT2D eigenvalue weighted by atomic mass is 10.3. The molecule has 5 N–H and O–H groups in total. The Morgan fingerprint density at radius 3 is 2.00 bits per heavy atom. The van der Waals surface area contributed by atoms with Gasteiger partial charge in [0.1, 0.15) is 0 Å². The van der Waals surface area contributed by atoms with E-state index in [1.165, 1.54) is 24.3 Å². The van der Waals surface area contributed by atoms with Gasteiger partial charge >= 0.3 is 15.6 Å². The summed E-state index contributed by atoms with van der Waals surface area (Å²) in [7, 11) is -10.6. The molecule has 0 aliphatic rings. The first-order valence-corrected chi connectivity index (χ1v) is 8.03. The van der Waals surface area contributed by atoms with Crippen LogP contribution in [0.15, 0.2) is 30.3 Å². The molecule has 0 bridgehead atoms. The zero-order chi connectivity index (χ0) is 15.6. The highest BCUT2D eigenvalue weighted by Crippen LogP contribution is 2.58. The Hall–Kier alpha value is -0.800. The van der Waals surface area contributed by atoms with E-state index in [0.29, 0.717) is 0 Å². The molecule has 1 atom stereocenters. The molecule has 0 aliphatic carbocycles. The monoisotopic (exact) mass is 329 g/mol. The Balaban J connectivity index is 3.04. The van der Waals surface area contributed by atoms with E-state index in [1.807, 2.05) is 0 Å². The van der Waals surface area contributed by atoms with Crippen LogP contribution < -0.4 is 5.06 Å². The summed E-state index contributed by atoms with van der Waals surface area (Å²) in [5.74, 6) is -2.75. The van der Waals surface area contributed by atoms with Crippen LogP contribution in [0, 0.1) is 0 Å². The average Bonchev–Trinajstić information content (AvgIpc) is 2.22. The van der Waals surface area contributed by atoms with Crippen molar-refractivity contribution in [3.8, 4) is 0 Å². The molecule has 0 saturated heterocycles. The van der Waals surface area contributed by atoms with Crippen molar-refractivity contribution < 1.29 is 43.0 Å². The van der Waals surface area contributed by atoms with Crippen LogP contribution in [-0.2, 0) is 18.1 Å². The topological polar surface area (TPSA) is 157 Å². The maximum Gasteiger partial charge on any atom is 0.502 e. The third kappa shape index (κ3) is 5.68. The maximum absolute atomic E-state index is 11.4. The predicted molar refractivity (Wildman–Crippen MR) is 65.8 cm³/mol. The second-order valence-corrected chi connectivity index (χ2v) is 6.46. The zero-order valence-corrected chi connectivity index (χ0v) is 11.9. The van der Waals surface area contributed by atoms with Crippen molar-refractivity contribution in [2.75, 3.05) is 5.06 Å². The lowest BCUT2D eigenvalue weighted by Gasteiger charge is -2.32. The van der Waals surface area contributed by atoms with E-state index in [0.717, 1.165) is 6.92 Å². The number of nitrogens with zero attached hydrogens (tertiary/aromatic N) is 1. The Morgan fingerprint density at radius 2 is 1.60 bits per heavy atom. The van der Waals surface area contributed by atoms with Gasteiger partial charge in [-0.15, -0.1) is 0 Å². The molecule has 1 unspecified atom stereocenters. The minimum Gasteiger partial charge on any atom is -0.347 e. The maximum atomic E-state index is 11.4. The van der Waals surface area contributed by atoms with Gasteiger partial charge < -0.3 is 24.9 Å². The molecule has 1 aromatic rings. The normalized spacial score (nSPS) is 15.7. The molecule has 0 aromatic heterocycles. The van der Waals surface area contributed by atoms with Gasteiger partial charge in [-0.25, -0.2) is 9.13 Å². The quantitative estimate of drug-likeness (QED) is 0.279. The van der Waals surface area contributed by atoms with E-state index in [2.05, 4.69) is 8.94 Å². The van der Waals surface area contributed by atoms with E-state index < -0.39 is 21.6 Å². The number of aliphatic hydroxyl groups is 2. The molecule has 114 valence electrons. The first kappa shape index (κ1) is 17.3. The molecular formula is C8H13NO9P2. The summed E-state index contributed by atoms with van der Waals surface area (Å²) in [5, 5.41) is 19.1. The fraction of sp³-hybridized carbons (Fsp3) is 0.250. The number of hydroxylamine groups is 1. The lowest BCUT2D eigenvalue weighted by Crippen LogP contribution is -2.45. The summed E-state index contributed by atoms with van der Waals surface area (Å²) in [4.78, 5) is 26.1. The second kappa shape index (κ2) is 5.90. The zero-order valence-electron chi connectivity index (χ0n) is 10.1. The lowest BCUT2D eigenvalue weighted by molar-refractivity contribution is -0.183. The molecule has 0 spiro atoms. The van der Waals surface area contributed by atoms with Crippen LogP contribution in [0.2, 0.25) is 0 Å². The Bertz CT molecular complexity index is 537. The third-order valence-electron chi connectivity index (χ3n) is 1.77. The Labute approximate surface area is 113 Å². The summed E-state index contributed by atoms with van der Waals surface area (Å²) >= 11 is 0. The standard InChI is InChI=1S/C8H13NO9P2/c1-8(10,11)9(7-5-3-2-4-6-7)17-20(15,16)18-19(12,13)14/h2-6,10-11H,1H3,(H,15,16)(H2,12,13,14). The first-order valence-electron chi connectivity index (χ1n) is 5.00. The smallest absolute Gasteiger partial charge is 0.347 e. The largest absolute Gasteiger partial charge is 0.502 e. The van der Waals surface area contributed by atoms with Crippen LogP contribution in [-0.4, -0.2) is 30.8 Å². The summed E-state index contributed by atoms with van der Waals surface area (Å²) in [6.07, 6.45) is 0. The number of anilines is 1. The third-order valence-corrected chi connectivity index (χ3v) is 3.82. The van der Waals surface area contributed by atoms with Crippen molar-refractivity contribution >= 4 is 21.3 Å². The molecule has 0 fully saturated rings. The van der Waals surface area contributed by atoms with Crippen LogP contribution >= 0.6 is 15.6 Å². The number of hydrogen-bond acceptors (Lipinski definition) is 7. The molecule has 12 heteroatoms. The Kier molecular flexibility index (Phi) is 5.09. The van der Waals surface area contributed by atoms with Crippen LogP contribution in [0.25, 0.3) is 0 Å². The fourth-order valence-electron chi connectivity index (χ4n) is 1.18. The SMILES string of the molecule is CC(O)(O)N(OP(=O)(O)OP(=O)(O)O)c1ccccc1. The van der Waals surface area contributed by atoms with E-state index >= 15 is 0 Å². The summed E-state index contributed by atoms with van der Waals surface area (Å²) in [6.45, 7) is 0.803. The van der Waals surface area contributed by atoms with E-state index in [4.69, 9.17) is 9.79 Å². The van der Waals surface area contributed by atoms with Crippen LogP contribution in [0.4, 0.5) is 5.69 Å². The number of phosphoric acid groups is 2. The molecule has 0 aliphatic heterocycles. The van der Waals surface area contributed by atoms with E-state index in [9.17, 15) is 24.2 Å². The average molecular weight is 329 g/mol. The van der Waals surface area contributed by atoms with Crippen molar-refractivity contribution in [2.24, 2.45) is 0 Å². The van der Waals surface area contributed by atoms with Crippen molar-refractivity contribution in [3.63, 3.8) is 0 Å². The summed E-state index contributed by atoms with van der Waals surface area (Å²) in [6, 6.07) is 7.09. The number of rotatable bonds is 6. The van der Waals surface area contributed by atoms with Gasteiger partial charge in [-0.05, 0) is 12.1 Å². The van der Waals surface area contributed by atoms with Crippen LogP contribution in [0.3, 0.4) is 0 Å². The Morgan fingerprint density at radius 1 is 1.10 bits per heavy atom. The van der Waals surface area contributed by atoms with Gasteiger partial charge in [0.15, 0.2) is 0 Å². The first-order chi connectivity index (χ1) is 8.91. The van der Waals surface area contributed by atoms with Gasteiger partial charge in [-0.2, -0.15) is 14.0 Å². The molecule has 20 heavy (non-hydrogen) atoms. The van der Waals surface area contributed by atoms with Gasteiger partial charge in [-0.3, -0.25) is 0 Å². The van der Waals surface area contributed by atoms with Crippen LogP contribution in [0.5, 0.6) is 0 Å². The van der Waals surface area contributed by atoms with Crippen molar-refractivity contribution in [2.45, 2.75) is 12.8 Å². The van der Waals surface area contributed by atoms with Gasteiger partial charge in [0.25, 0.3) is 5.91 Å². The molecule has 1 rings (SSSR count). The number of hydrogen-bond donors (Lipinski definition) is 5. The summed E-state index contributed by atoms with van der Waals surface area (Å²) in [5.41, 5.74) is -0.0661. The van der Waals surface area contributed by atoms with Gasteiger partial charge in [0.2, 0.25) is 0 Å². The van der Waals surface area contributed by atoms with Crippen molar-refractivity contribution in [1.82, 2.24) is 0 Å². The van der Waals surface area contributed by atoms with Crippen molar-refractivity contribution in [3.05, 3.63) is 30.3 Å². The molecule has 0 amide bonds. The molecule has 0 saturated carbocycles. The van der Waals surface area contributed by atoms with Crippen molar-refractivity contribution in [1.29, 1.82) is 0 Å². The highest BCUT2D eigenvalue weighted by Gasteiger charge is 2.40. The minimum absolute atomic E-state index is 0.0661. The molecule has 1 aromatic carbocycles. The van der Waals surface area contributed by atoms with Gasteiger partial charge in [0.05, 0.1) is 5.69 Å². The van der Waals surface area contributed by atoms with E-state index in [-0.39, 0.29) is 10.8 Å². The summed E-state index contributed by atoms with van der Waals surface area (Å²) < 4.78 is 29.8. The second-order valence-electron chi connectivity index (χ2n) is 3.72. The van der Waals surface area contributed by atoms with Gasteiger partial charge in [-0.1, -0.05) is 18.2 Å². The predicted octanol–water partition coefficient (Wildman–Crippen LogP) is 0.293. The molecular weight excluding hydrogens is 316 g/mol. The molecule has 0 radical (unpaired) electrons. The highest BCUT2D eigenvalue weighted by molar-refractivity contribution is 7.60. The van der Waals surface area contributed by atoms with E-state index in [1.54, 1.807) is 6.07 Å². The van der Waals surface area contributed by atoms with Gasteiger partial charge in [0, 0.05) is 6.92 Å². The molecule has 0 heterocycles.